The van der Waals surface area contributed by atoms with E-state index in [4.69, 9.17) is 4.74 Å². The van der Waals surface area contributed by atoms with Crippen molar-refractivity contribution in [2.45, 2.75) is 24.8 Å². The van der Waals surface area contributed by atoms with E-state index in [1.54, 1.807) is 20.2 Å². The maximum absolute atomic E-state index is 13.8. The van der Waals surface area contributed by atoms with Crippen molar-refractivity contribution < 1.29 is 9.13 Å². The quantitative estimate of drug-likeness (QED) is 0.385. The van der Waals surface area contributed by atoms with Crippen LogP contribution in [0.1, 0.15) is 23.5 Å². The summed E-state index contributed by atoms with van der Waals surface area (Å²) < 4.78 is 19.2. The minimum absolute atomic E-state index is 0. The Kier molecular flexibility index (Phi) is 7.68. The lowest BCUT2D eigenvalue weighted by atomic mass is 10.1. The summed E-state index contributed by atoms with van der Waals surface area (Å²) in [6.07, 6.45) is 1.76. The van der Waals surface area contributed by atoms with Gasteiger partial charge in [-0.1, -0.05) is 36.4 Å². The third-order valence-corrected chi connectivity index (χ3v) is 4.52. The molecule has 4 nitrogen and oxygen atoms in total. The number of hydrogen-bond donors (Lipinski definition) is 2. The lowest BCUT2D eigenvalue weighted by Gasteiger charge is -2.13. The summed E-state index contributed by atoms with van der Waals surface area (Å²) in [5.41, 5.74) is 1.94. The molecule has 0 radical (unpaired) electrons. The molecular weight excluding hydrogens is 444 g/mol. The Hall–Kier alpha value is -1.83. The Morgan fingerprint density at radius 1 is 1.19 bits per heavy atom. The van der Waals surface area contributed by atoms with Crippen LogP contribution in [-0.2, 0) is 6.42 Å². The van der Waals surface area contributed by atoms with E-state index in [2.05, 4.69) is 21.7 Å². The first kappa shape index (κ1) is 20.5. The molecule has 1 saturated carbocycles. The molecule has 3 rings (SSSR count). The monoisotopic (exact) mass is 469 g/mol. The summed E-state index contributed by atoms with van der Waals surface area (Å²) in [6.45, 7) is 0.747. The zero-order chi connectivity index (χ0) is 17.6. The zero-order valence-electron chi connectivity index (χ0n) is 15.0. The lowest BCUT2D eigenvalue weighted by molar-refractivity contribution is 0.409. The molecule has 0 bridgehead atoms. The molecule has 2 aromatic rings. The summed E-state index contributed by atoms with van der Waals surface area (Å²) >= 11 is 0. The van der Waals surface area contributed by atoms with Crippen molar-refractivity contribution in [1.29, 1.82) is 0 Å². The molecule has 1 fully saturated rings. The molecule has 2 unspecified atom stereocenters. The van der Waals surface area contributed by atoms with E-state index in [9.17, 15) is 4.39 Å². The Morgan fingerprint density at radius 2 is 1.92 bits per heavy atom. The summed E-state index contributed by atoms with van der Waals surface area (Å²) in [7, 11) is 3.43. The summed E-state index contributed by atoms with van der Waals surface area (Å²) in [5.74, 6) is 1.73. The highest BCUT2D eigenvalue weighted by Gasteiger charge is 2.40. The predicted molar refractivity (Wildman–Crippen MR) is 114 cm³/mol. The number of para-hydroxylation sites is 1. The van der Waals surface area contributed by atoms with Gasteiger partial charge in [0.2, 0.25) is 0 Å². The van der Waals surface area contributed by atoms with Gasteiger partial charge in [-0.05, 0) is 36.1 Å². The van der Waals surface area contributed by atoms with Crippen molar-refractivity contribution in [3.05, 3.63) is 65.5 Å². The number of halogens is 2. The highest BCUT2D eigenvalue weighted by molar-refractivity contribution is 14.0. The number of hydrogen-bond acceptors (Lipinski definition) is 2. The summed E-state index contributed by atoms with van der Waals surface area (Å²) in [6, 6.07) is 15.2. The van der Waals surface area contributed by atoms with Gasteiger partial charge in [0.1, 0.15) is 11.6 Å². The van der Waals surface area contributed by atoms with E-state index in [0.717, 1.165) is 42.2 Å². The number of aliphatic imine (C=N–C) groups is 1. The average molecular weight is 469 g/mol. The summed E-state index contributed by atoms with van der Waals surface area (Å²) in [5, 5.41) is 6.69. The molecule has 1 aliphatic rings. The van der Waals surface area contributed by atoms with Gasteiger partial charge in [-0.25, -0.2) is 4.39 Å². The third kappa shape index (κ3) is 5.09. The highest BCUT2D eigenvalue weighted by Crippen LogP contribution is 2.41. The number of rotatable bonds is 6. The van der Waals surface area contributed by atoms with Crippen LogP contribution in [0.15, 0.2) is 53.5 Å². The normalized spacial score (nSPS) is 18.7. The van der Waals surface area contributed by atoms with E-state index in [1.165, 1.54) is 6.07 Å². The van der Waals surface area contributed by atoms with Gasteiger partial charge in [0.15, 0.2) is 5.96 Å². The van der Waals surface area contributed by atoms with Crippen LogP contribution in [0.4, 0.5) is 4.39 Å². The number of nitrogens with zero attached hydrogens (tertiary/aromatic N) is 1. The smallest absolute Gasteiger partial charge is 0.191 e. The van der Waals surface area contributed by atoms with Crippen LogP contribution in [0.2, 0.25) is 0 Å². The van der Waals surface area contributed by atoms with Gasteiger partial charge in [0.25, 0.3) is 0 Å². The van der Waals surface area contributed by atoms with Gasteiger partial charge in [0, 0.05) is 25.6 Å². The molecule has 26 heavy (non-hydrogen) atoms. The maximum atomic E-state index is 13.8. The molecule has 0 amide bonds. The van der Waals surface area contributed by atoms with E-state index < -0.39 is 0 Å². The molecule has 140 valence electrons. The van der Waals surface area contributed by atoms with Crippen LogP contribution in [0.5, 0.6) is 5.75 Å². The van der Waals surface area contributed by atoms with E-state index >= 15 is 0 Å². The zero-order valence-corrected chi connectivity index (χ0v) is 17.4. The lowest BCUT2D eigenvalue weighted by Crippen LogP contribution is -2.40. The second kappa shape index (κ2) is 9.75. The molecule has 2 N–H and O–H groups in total. The predicted octanol–water partition coefficient (Wildman–Crippen LogP) is 3.72. The Morgan fingerprint density at radius 3 is 2.65 bits per heavy atom. The standard InChI is InChI=1S/C20H24FN3O.HI/c1-22-20(23-12-11-14-7-3-6-10-19(14)25-2)24-18-13-16(18)15-8-4-5-9-17(15)21;/h3-10,16,18H,11-13H2,1-2H3,(H2,22,23,24);1H. The van der Waals surface area contributed by atoms with Crippen molar-refractivity contribution in [3.8, 4) is 5.75 Å². The molecule has 0 aliphatic heterocycles. The van der Waals surface area contributed by atoms with Gasteiger partial charge < -0.3 is 15.4 Å². The largest absolute Gasteiger partial charge is 0.496 e. The number of benzene rings is 2. The van der Waals surface area contributed by atoms with E-state index in [1.807, 2.05) is 30.3 Å². The number of methoxy groups -OCH3 is 1. The third-order valence-electron chi connectivity index (χ3n) is 4.52. The van der Waals surface area contributed by atoms with Crippen LogP contribution in [0.25, 0.3) is 0 Å². The molecular formula is C20H25FIN3O. The van der Waals surface area contributed by atoms with Gasteiger partial charge in [-0.15, -0.1) is 24.0 Å². The van der Waals surface area contributed by atoms with Crippen molar-refractivity contribution in [2.24, 2.45) is 4.99 Å². The molecule has 1 aliphatic carbocycles. The van der Waals surface area contributed by atoms with Crippen LogP contribution in [-0.4, -0.2) is 32.7 Å². The number of nitrogens with one attached hydrogen (secondary N) is 2. The van der Waals surface area contributed by atoms with Crippen LogP contribution < -0.4 is 15.4 Å². The fraction of sp³-hybridized carbons (Fsp3) is 0.350. The average Bonchev–Trinajstić information content (AvgIpc) is 3.40. The van der Waals surface area contributed by atoms with Crippen molar-refractivity contribution in [3.63, 3.8) is 0 Å². The molecule has 6 heteroatoms. The van der Waals surface area contributed by atoms with Crippen LogP contribution >= 0.6 is 24.0 Å². The topological polar surface area (TPSA) is 45.7 Å². The van der Waals surface area contributed by atoms with Crippen LogP contribution in [0, 0.1) is 5.82 Å². The van der Waals surface area contributed by atoms with Gasteiger partial charge >= 0.3 is 0 Å². The minimum atomic E-state index is -0.129. The van der Waals surface area contributed by atoms with E-state index in [0.29, 0.717) is 0 Å². The number of guanidine groups is 1. The fourth-order valence-corrected chi connectivity index (χ4v) is 3.07. The Bertz CT molecular complexity index is 753. The van der Waals surface area contributed by atoms with Crippen molar-refractivity contribution in [1.82, 2.24) is 10.6 Å². The molecule has 0 aromatic heterocycles. The second-order valence-electron chi connectivity index (χ2n) is 6.18. The first-order valence-electron chi connectivity index (χ1n) is 8.56. The maximum Gasteiger partial charge on any atom is 0.191 e. The minimum Gasteiger partial charge on any atom is -0.496 e. The van der Waals surface area contributed by atoms with Gasteiger partial charge in [-0.2, -0.15) is 0 Å². The second-order valence-corrected chi connectivity index (χ2v) is 6.18. The van der Waals surface area contributed by atoms with Crippen LogP contribution in [0.3, 0.4) is 0 Å². The van der Waals surface area contributed by atoms with Crippen molar-refractivity contribution >= 4 is 29.9 Å². The molecule has 2 aromatic carbocycles. The SMILES string of the molecule is CN=C(NCCc1ccccc1OC)NC1CC1c1ccccc1F.I. The molecule has 2 atom stereocenters. The molecule has 0 heterocycles. The molecule has 0 saturated heterocycles. The highest BCUT2D eigenvalue weighted by atomic mass is 127. The fourth-order valence-electron chi connectivity index (χ4n) is 3.07. The number of ether oxygens (including phenoxy) is 1. The van der Waals surface area contributed by atoms with Gasteiger partial charge in [-0.3, -0.25) is 4.99 Å². The summed E-state index contributed by atoms with van der Waals surface area (Å²) in [4.78, 5) is 4.26. The van der Waals surface area contributed by atoms with E-state index in [-0.39, 0.29) is 41.8 Å². The first-order valence-corrected chi connectivity index (χ1v) is 8.56. The molecule has 0 spiro atoms. The first-order chi connectivity index (χ1) is 12.2. The van der Waals surface area contributed by atoms with Gasteiger partial charge in [0.05, 0.1) is 7.11 Å². The Labute approximate surface area is 171 Å². The Balaban J connectivity index is 0.00000243. The van der Waals surface area contributed by atoms with Crippen molar-refractivity contribution in [2.75, 3.05) is 20.7 Å².